The molecule has 0 bridgehead atoms. The van der Waals surface area contributed by atoms with Crippen LogP contribution in [0.2, 0.25) is 0 Å². The van der Waals surface area contributed by atoms with Gasteiger partial charge in [-0.05, 0) is 38.5 Å². The lowest BCUT2D eigenvalue weighted by Gasteiger charge is -2.39. The van der Waals surface area contributed by atoms with Gasteiger partial charge in [0.15, 0.2) is 12.4 Å². The Hall–Kier alpha value is -1.56. The first-order valence-electron chi connectivity index (χ1n) is 27.8. The predicted octanol–water partition coefficient (Wildman–Crippen LogP) is 13.5. The molecule has 0 spiro atoms. The van der Waals surface area contributed by atoms with Crippen LogP contribution < -0.4 is 0 Å². The summed E-state index contributed by atoms with van der Waals surface area (Å²) in [5, 5.41) is 40.3. The molecule has 10 nitrogen and oxygen atoms in total. The monoisotopic (exact) mass is 925 g/mol. The molecule has 0 aliphatic carbocycles. The summed E-state index contributed by atoms with van der Waals surface area (Å²) in [6.45, 7) is 3.48. The van der Waals surface area contributed by atoms with Crippen LogP contribution in [0.1, 0.15) is 271 Å². The Morgan fingerprint density at radius 2 is 0.815 bits per heavy atom. The van der Waals surface area contributed by atoms with E-state index in [0.717, 1.165) is 38.5 Å². The lowest BCUT2D eigenvalue weighted by Crippen LogP contribution is -2.59. The molecule has 2 unspecified atom stereocenters. The van der Waals surface area contributed by atoms with E-state index in [1.807, 2.05) is 0 Å². The summed E-state index contributed by atoms with van der Waals surface area (Å²) in [6.07, 6.45) is 45.1. The third kappa shape index (κ3) is 37.1. The van der Waals surface area contributed by atoms with Gasteiger partial charge in [0, 0.05) is 12.8 Å². The Balaban J connectivity index is 2.21. The van der Waals surface area contributed by atoms with E-state index in [9.17, 15) is 30.0 Å². The second-order valence-corrected chi connectivity index (χ2v) is 19.4. The number of hydrogen-bond acceptors (Lipinski definition) is 10. The van der Waals surface area contributed by atoms with E-state index in [-0.39, 0.29) is 32.0 Å². The van der Waals surface area contributed by atoms with Crippen molar-refractivity contribution >= 4 is 11.9 Å². The van der Waals surface area contributed by atoms with Crippen LogP contribution >= 0.6 is 0 Å². The average Bonchev–Trinajstić information content (AvgIpc) is 3.30. The molecule has 10 heteroatoms. The molecule has 1 saturated heterocycles. The first-order valence-corrected chi connectivity index (χ1v) is 27.8. The molecule has 0 aromatic heterocycles. The molecule has 0 aromatic rings. The third-order valence-electron chi connectivity index (χ3n) is 13.2. The summed E-state index contributed by atoms with van der Waals surface area (Å²) in [7, 11) is 0. The zero-order chi connectivity index (χ0) is 47.3. The van der Waals surface area contributed by atoms with Crippen molar-refractivity contribution < 1.29 is 49.0 Å². The first kappa shape index (κ1) is 61.5. The highest BCUT2D eigenvalue weighted by atomic mass is 16.7. The highest BCUT2D eigenvalue weighted by Crippen LogP contribution is 2.23. The number of rotatable bonds is 48. The molecule has 0 aromatic carbocycles. The quantitative estimate of drug-likeness (QED) is 0.0264. The molecule has 1 heterocycles. The Labute approximate surface area is 399 Å². The highest BCUT2D eigenvalue weighted by molar-refractivity contribution is 5.70. The summed E-state index contributed by atoms with van der Waals surface area (Å²) in [5.74, 6) is -0.789. The summed E-state index contributed by atoms with van der Waals surface area (Å²) in [4.78, 5) is 25.5. The average molecular weight is 925 g/mol. The Bertz CT molecular complexity index is 1070. The zero-order valence-corrected chi connectivity index (χ0v) is 42.3. The number of hydrogen-bond donors (Lipinski definition) is 4. The van der Waals surface area contributed by atoms with Gasteiger partial charge < -0.3 is 39.4 Å². The van der Waals surface area contributed by atoms with Crippen LogP contribution in [0.4, 0.5) is 0 Å². The van der Waals surface area contributed by atoms with Crippen LogP contribution in [0.5, 0.6) is 0 Å². The molecule has 1 rings (SSSR count). The Kier molecular flexibility index (Phi) is 43.7. The SMILES string of the molecule is CCCCCCCC/C=C/CCCCCCCCCCCCCC(=O)O[C@H](COC(=O)CCCCCCCCCCCCCCCCCCCCC)CO[C@@H]1O[C@H](CO)[C@H](O)C(O)C1O. The molecular weight excluding hydrogens is 821 g/mol. The summed E-state index contributed by atoms with van der Waals surface area (Å²) >= 11 is 0. The minimum absolute atomic E-state index is 0.211. The van der Waals surface area contributed by atoms with E-state index in [2.05, 4.69) is 26.0 Å². The summed E-state index contributed by atoms with van der Waals surface area (Å²) in [5.41, 5.74) is 0. The van der Waals surface area contributed by atoms with Crippen LogP contribution in [-0.2, 0) is 28.5 Å². The van der Waals surface area contributed by atoms with Gasteiger partial charge in [-0.3, -0.25) is 9.59 Å². The Morgan fingerprint density at radius 3 is 1.20 bits per heavy atom. The number of unbranched alkanes of at least 4 members (excludes halogenated alkanes) is 35. The fourth-order valence-corrected chi connectivity index (χ4v) is 8.77. The molecule has 0 saturated carbocycles. The highest BCUT2D eigenvalue weighted by Gasteiger charge is 2.44. The first-order chi connectivity index (χ1) is 31.8. The minimum atomic E-state index is -1.59. The molecule has 0 radical (unpaired) electrons. The number of carbonyl (C=O) groups is 2. The second-order valence-electron chi connectivity index (χ2n) is 19.4. The molecule has 1 fully saturated rings. The van der Waals surface area contributed by atoms with Crippen LogP contribution in [0.25, 0.3) is 0 Å². The lowest BCUT2D eigenvalue weighted by atomic mass is 9.99. The maximum absolute atomic E-state index is 12.9. The number of esters is 2. The van der Waals surface area contributed by atoms with Crippen molar-refractivity contribution in [2.24, 2.45) is 0 Å². The third-order valence-corrected chi connectivity index (χ3v) is 13.2. The van der Waals surface area contributed by atoms with Gasteiger partial charge in [0.1, 0.15) is 31.0 Å². The smallest absolute Gasteiger partial charge is 0.306 e. The number of aliphatic hydroxyl groups is 4. The fourth-order valence-electron chi connectivity index (χ4n) is 8.77. The molecule has 1 aliphatic heterocycles. The molecule has 4 N–H and O–H groups in total. The van der Waals surface area contributed by atoms with Crippen LogP contribution in [0.15, 0.2) is 12.2 Å². The number of carbonyl (C=O) groups excluding carboxylic acids is 2. The topological polar surface area (TPSA) is 152 Å². The van der Waals surface area contributed by atoms with Gasteiger partial charge in [0.25, 0.3) is 0 Å². The fraction of sp³-hybridized carbons (Fsp3) is 0.927. The van der Waals surface area contributed by atoms with Crippen molar-refractivity contribution in [3.05, 3.63) is 12.2 Å². The Morgan fingerprint density at radius 1 is 0.462 bits per heavy atom. The minimum Gasteiger partial charge on any atom is -0.462 e. The van der Waals surface area contributed by atoms with Crippen molar-refractivity contribution in [1.82, 2.24) is 0 Å². The predicted molar refractivity (Wildman–Crippen MR) is 266 cm³/mol. The largest absolute Gasteiger partial charge is 0.462 e. The molecule has 1 aliphatic rings. The van der Waals surface area contributed by atoms with E-state index in [1.54, 1.807) is 0 Å². The van der Waals surface area contributed by atoms with Gasteiger partial charge >= 0.3 is 11.9 Å². The van der Waals surface area contributed by atoms with E-state index in [0.29, 0.717) is 6.42 Å². The molecule has 384 valence electrons. The maximum Gasteiger partial charge on any atom is 0.306 e. The lowest BCUT2D eigenvalue weighted by molar-refractivity contribution is -0.305. The maximum atomic E-state index is 12.9. The van der Waals surface area contributed by atoms with Gasteiger partial charge in [-0.15, -0.1) is 0 Å². The van der Waals surface area contributed by atoms with Gasteiger partial charge in [0.05, 0.1) is 13.2 Å². The molecular formula is C55H104O10. The molecule has 65 heavy (non-hydrogen) atoms. The van der Waals surface area contributed by atoms with E-state index >= 15 is 0 Å². The van der Waals surface area contributed by atoms with E-state index < -0.39 is 49.4 Å². The summed E-state index contributed by atoms with van der Waals surface area (Å²) in [6, 6.07) is 0. The number of ether oxygens (including phenoxy) is 4. The normalized spacial score (nSPS) is 19.3. The van der Waals surface area contributed by atoms with Gasteiger partial charge in [0.2, 0.25) is 0 Å². The number of allylic oxidation sites excluding steroid dienone is 2. The molecule has 6 atom stereocenters. The van der Waals surface area contributed by atoms with Crippen molar-refractivity contribution in [1.29, 1.82) is 0 Å². The van der Waals surface area contributed by atoms with Gasteiger partial charge in [-0.1, -0.05) is 231 Å². The standard InChI is InChI=1S/C55H104O10/c1-3-5-7-9-11-13-15-17-19-21-23-24-26-28-30-32-34-36-38-40-42-44-51(58)64-48(47-63-55-54(61)53(60)52(59)49(45-56)65-55)46-62-50(57)43-41-39-37-35-33-31-29-27-25-22-20-18-16-14-12-10-8-6-4-2/h17,19,48-49,52-56,59-61H,3-16,18,20-47H2,1-2H3/b19-17+/t48-,49-,52+,53?,54?,55-/m1/s1. The van der Waals surface area contributed by atoms with Crippen LogP contribution in [0.3, 0.4) is 0 Å². The van der Waals surface area contributed by atoms with Crippen molar-refractivity contribution in [3.8, 4) is 0 Å². The van der Waals surface area contributed by atoms with Crippen LogP contribution in [0, 0.1) is 0 Å². The van der Waals surface area contributed by atoms with Crippen molar-refractivity contribution in [3.63, 3.8) is 0 Å². The van der Waals surface area contributed by atoms with Gasteiger partial charge in [-0.2, -0.15) is 0 Å². The van der Waals surface area contributed by atoms with Crippen molar-refractivity contribution in [2.75, 3.05) is 19.8 Å². The van der Waals surface area contributed by atoms with E-state index in [1.165, 1.54) is 199 Å². The zero-order valence-electron chi connectivity index (χ0n) is 42.3. The van der Waals surface area contributed by atoms with Gasteiger partial charge in [-0.25, -0.2) is 0 Å². The molecule has 0 amide bonds. The second kappa shape index (κ2) is 46.2. The van der Waals surface area contributed by atoms with E-state index in [4.69, 9.17) is 18.9 Å². The van der Waals surface area contributed by atoms with Crippen LogP contribution in [-0.4, -0.2) is 89.0 Å². The van der Waals surface area contributed by atoms with Crippen molar-refractivity contribution in [2.45, 2.75) is 307 Å². The number of aliphatic hydroxyl groups excluding tert-OH is 4. The summed E-state index contributed by atoms with van der Waals surface area (Å²) < 4.78 is 22.3.